The molecule has 0 saturated heterocycles. The van der Waals surface area contributed by atoms with Gasteiger partial charge in [0, 0.05) is 12.0 Å². The molecule has 1 N–H and O–H groups in total. The van der Waals surface area contributed by atoms with Crippen molar-refractivity contribution in [2.24, 2.45) is 5.41 Å². The summed E-state index contributed by atoms with van der Waals surface area (Å²) in [6, 6.07) is 13.7. The molecule has 3 aliphatic rings. The Morgan fingerprint density at radius 1 is 0.968 bits per heavy atom. The largest absolute Gasteiger partial charge is 0.454 e. The van der Waals surface area contributed by atoms with E-state index in [1.54, 1.807) is 0 Å². The standard InChI is InChI=1S/C25H25N3O3/c1-23(2)24(3)10-11-25(23,21-20(24)27-16-6-4-5-7-17(16)28-21)22(29)26-13-15-8-9-18-19(12-15)31-14-30-18/h4-9,12H,10-11,13-14H2,1-3H3,(H,26,29)/t24-,25+/m0/s1. The van der Waals surface area contributed by atoms with Crippen LogP contribution in [0, 0.1) is 5.41 Å². The zero-order valence-corrected chi connectivity index (χ0v) is 18.0. The number of benzene rings is 2. The van der Waals surface area contributed by atoms with Crippen molar-refractivity contribution in [3.63, 3.8) is 0 Å². The smallest absolute Gasteiger partial charge is 0.233 e. The van der Waals surface area contributed by atoms with Gasteiger partial charge in [-0.1, -0.05) is 39.0 Å². The van der Waals surface area contributed by atoms with Crippen LogP contribution in [0.15, 0.2) is 42.5 Å². The molecule has 0 unspecified atom stereocenters. The lowest BCUT2D eigenvalue weighted by molar-refractivity contribution is -0.130. The number of para-hydroxylation sites is 2. The summed E-state index contributed by atoms with van der Waals surface area (Å²) in [5.74, 6) is 1.50. The predicted molar refractivity (Wildman–Crippen MR) is 116 cm³/mol. The van der Waals surface area contributed by atoms with E-state index in [4.69, 9.17) is 19.4 Å². The topological polar surface area (TPSA) is 73.3 Å². The first-order valence-electron chi connectivity index (χ1n) is 10.8. The molecule has 6 heteroatoms. The van der Waals surface area contributed by atoms with Crippen LogP contribution in [0.5, 0.6) is 11.5 Å². The van der Waals surface area contributed by atoms with Crippen LogP contribution in [0.4, 0.5) is 0 Å². The van der Waals surface area contributed by atoms with E-state index in [0.29, 0.717) is 6.54 Å². The fraction of sp³-hybridized carbons (Fsp3) is 0.400. The maximum atomic E-state index is 13.9. The molecule has 0 spiro atoms. The minimum Gasteiger partial charge on any atom is -0.454 e. The lowest BCUT2D eigenvalue weighted by atomic mass is 9.63. The van der Waals surface area contributed by atoms with Gasteiger partial charge in [0.15, 0.2) is 11.5 Å². The first-order chi connectivity index (χ1) is 14.9. The Balaban J connectivity index is 1.39. The Hall–Kier alpha value is -3.15. The Morgan fingerprint density at radius 2 is 1.68 bits per heavy atom. The van der Waals surface area contributed by atoms with Gasteiger partial charge >= 0.3 is 0 Å². The van der Waals surface area contributed by atoms with Crippen LogP contribution in [-0.4, -0.2) is 22.7 Å². The highest BCUT2D eigenvalue weighted by atomic mass is 16.7. The summed E-state index contributed by atoms with van der Waals surface area (Å²) in [6.45, 7) is 7.32. The third kappa shape index (κ3) is 2.20. The molecule has 1 aliphatic heterocycles. The third-order valence-corrected chi connectivity index (χ3v) is 8.22. The summed E-state index contributed by atoms with van der Waals surface area (Å²) in [6.07, 6.45) is 1.71. The van der Waals surface area contributed by atoms with Gasteiger partial charge in [-0.25, -0.2) is 9.97 Å². The van der Waals surface area contributed by atoms with Crippen molar-refractivity contribution in [1.29, 1.82) is 0 Å². The normalized spacial score (nSPS) is 26.8. The number of amides is 1. The van der Waals surface area contributed by atoms with E-state index in [9.17, 15) is 4.79 Å². The molecule has 0 radical (unpaired) electrons. The van der Waals surface area contributed by atoms with Crippen molar-refractivity contribution in [1.82, 2.24) is 15.3 Å². The van der Waals surface area contributed by atoms with Crippen LogP contribution in [0.3, 0.4) is 0 Å². The molecule has 2 aromatic carbocycles. The number of carbonyl (C=O) groups excluding carboxylic acids is 1. The van der Waals surface area contributed by atoms with Crippen molar-refractivity contribution >= 4 is 16.9 Å². The molecule has 2 aliphatic carbocycles. The second-order valence-electron chi connectivity index (χ2n) is 9.64. The SMILES string of the molecule is CC1(C)[C@@]2(C)CC[C@]1(C(=O)NCc1ccc3c(c1)OCO3)c1nc3ccccc3nc12. The molecule has 2 heterocycles. The molecule has 1 aromatic heterocycles. The zero-order chi connectivity index (χ0) is 21.4. The second-order valence-corrected chi connectivity index (χ2v) is 9.64. The first-order valence-corrected chi connectivity index (χ1v) is 10.8. The molecule has 31 heavy (non-hydrogen) atoms. The first kappa shape index (κ1) is 18.6. The molecule has 158 valence electrons. The zero-order valence-electron chi connectivity index (χ0n) is 18.0. The van der Waals surface area contributed by atoms with E-state index in [2.05, 4.69) is 26.1 Å². The molecule has 2 bridgehead atoms. The molecule has 6 nitrogen and oxygen atoms in total. The lowest BCUT2D eigenvalue weighted by Gasteiger charge is -2.39. The Bertz CT molecular complexity index is 1250. The molecule has 2 atom stereocenters. The number of hydrogen-bond donors (Lipinski definition) is 1. The van der Waals surface area contributed by atoms with Crippen molar-refractivity contribution in [2.45, 2.75) is 51.0 Å². The van der Waals surface area contributed by atoms with Gasteiger partial charge in [0.05, 0.1) is 27.8 Å². The van der Waals surface area contributed by atoms with Gasteiger partial charge in [-0.2, -0.15) is 0 Å². The summed E-state index contributed by atoms with van der Waals surface area (Å²) < 4.78 is 10.9. The molecule has 3 aromatic rings. The lowest BCUT2D eigenvalue weighted by Crippen LogP contribution is -2.51. The number of nitrogens with zero attached hydrogens (tertiary/aromatic N) is 2. The van der Waals surface area contributed by atoms with Crippen molar-refractivity contribution < 1.29 is 14.3 Å². The summed E-state index contributed by atoms with van der Waals surface area (Å²) >= 11 is 0. The number of carbonyl (C=O) groups is 1. The quantitative estimate of drug-likeness (QED) is 0.700. The second kappa shape index (κ2) is 5.96. The molecular formula is C25H25N3O3. The van der Waals surface area contributed by atoms with Crippen LogP contribution in [0.1, 0.15) is 50.6 Å². The van der Waals surface area contributed by atoms with Crippen molar-refractivity contribution in [2.75, 3.05) is 6.79 Å². The van der Waals surface area contributed by atoms with Gasteiger partial charge in [0.1, 0.15) is 0 Å². The number of ether oxygens (including phenoxy) is 2. The number of nitrogens with one attached hydrogen (secondary N) is 1. The van der Waals surface area contributed by atoms with E-state index in [-0.39, 0.29) is 23.5 Å². The van der Waals surface area contributed by atoms with Crippen molar-refractivity contribution in [3.05, 3.63) is 59.4 Å². The van der Waals surface area contributed by atoms with Gasteiger partial charge in [-0.15, -0.1) is 0 Å². The highest BCUT2D eigenvalue weighted by Gasteiger charge is 2.73. The van der Waals surface area contributed by atoms with Gasteiger partial charge in [0.2, 0.25) is 12.7 Å². The molecule has 1 saturated carbocycles. The van der Waals surface area contributed by atoms with Crippen molar-refractivity contribution in [3.8, 4) is 11.5 Å². The minimum atomic E-state index is -0.690. The number of aromatic nitrogens is 2. The molecular weight excluding hydrogens is 390 g/mol. The van der Waals surface area contributed by atoms with Gasteiger partial charge in [-0.05, 0) is 48.1 Å². The summed E-state index contributed by atoms with van der Waals surface area (Å²) in [4.78, 5) is 23.9. The molecule has 1 amide bonds. The van der Waals surface area contributed by atoms with Gasteiger partial charge in [0.25, 0.3) is 0 Å². The number of rotatable bonds is 3. The average molecular weight is 415 g/mol. The summed E-state index contributed by atoms with van der Waals surface area (Å²) in [5, 5.41) is 3.21. The maximum Gasteiger partial charge on any atom is 0.233 e. The predicted octanol–water partition coefficient (Wildman–Crippen LogP) is 4.00. The van der Waals surface area contributed by atoms with E-state index in [1.807, 2.05) is 42.5 Å². The fourth-order valence-corrected chi connectivity index (χ4v) is 5.93. The van der Waals surface area contributed by atoms with Crippen LogP contribution in [0.2, 0.25) is 0 Å². The number of fused-ring (bicyclic) bond motifs is 7. The Kier molecular flexibility index (Phi) is 3.58. The monoisotopic (exact) mass is 415 g/mol. The van der Waals surface area contributed by atoms with Crippen LogP contribution < -0.4 is 14.8 Å². The maximum absolute atomic E-state index is 13.9. The highest BCUT2D eigenvalue weighted by molar-refractivity contribution is 5.93. The van der Waals surface area contributed by atoms with Crippen LogP contribution >= 0.6 is 0 Å². The molecule has 1 fully saturated rings. The van der Waals surface area contributed by atoms with E-state index in [0.717, 1.165) is 52.3 Å². The van der Waals surface area contributed by atoms with Gasteiger partial charge in [-0.3, -0.25) is 4.79 Å². The van der Waals surface area contributed by atoms with Crippen LogP contribution in [-0.2, 0) is 22.2 Å². The van der Waals surface area contributed by atoms with E-state index >= 15 is 0 Å². The Labute approximate surface area is 181 Å². The van der Waals surface area contributed by atoms with E-state index in [1.165, 1.54) is 0 Å². The summed E-state index contributed by atoms with van der Waals surface area (Å²) in [7, 11) is 0. The third-order valence-electron chi connectivity index (χ3n) is 8.22. The van der Waals surface area contributed by atoms with Crippen LogP contribution in [0.25, 0.3) is 11.0 Å². The Morgan fingerprint density at radius 3 is 2.45 bits per heavy atom. The molecule has 6 rings (SSSR count). The summed E-state index contributed by atoms with van der Waals surface area (Å²) in [5.41, 5.74) is 3.39. The van der Waals surface area contributed by atoms with E-state index < -0.39 is 5.41 Å². The minimum absolute atomic E-state index is 0.0298. The van der Waals surface area contributed by atoms with Gasteiger partial charge < -0.3 is 14.8 Å². The highest BCUT2D eigenvalue weighted by Crippen LogP contribution is 2.70. The number of hydrogen-bond acceptors (Lipinski definition) is 5. The fourth-order valence-electron chi connectivity index (χ4n) is 5.93. The average Bonchev–Trinajstić information content (AvgIpc) is 3.36.